The highest BCUT2D eigenvalue weighted by Crippen LogP contribution is 2.27. The van der Waals surface area contributed by atoms with Gasteiger partial charge in [0.25, 0.3) is 0 Å². The molecule has 7 nitrogen and oxygen atoms in total. The van der Waals surface area contributed by atoms with E-state index in [4.69, 9.17) is 0 Å². The van der Waals surface area contributed by atoms with E-state index in [-0.39, 0.29) is 12.0 Å². The minimum absolute atomic E-state index is 0.270. The van der Waals surface area contributed by atoms with Crippen LogP contribution in [-0.2, 0) is 11.3 Å². The maximum Gasteiger partial charge on any atom is 0.225 e. The van der Waals surface area contributed by atoms with Crippen molar-refractivity contribution in [1.82, 2.24) is 25.3 Å². The molecule has 2 atom stereocenters. The van der Waals surface area contributed by atoms with Crippen LogP contribution >= 0.6 is 0 Å². The van der Waals surface area contributed by atoms with Gasteiger partial charge in [-0.05, 0) is 45.1 Å². The molecule has 2 heterocycles. The van der Waals surface area contributed by atoms with E-state index < -0.39 is 0 Å². The summed E-state index contributed by atoms with van der Waals surface area (Å²) in [5.74, 6) is 1.88. The zero-order chi connectivity index (χ0) is 20.1. The number of carbonyl (C=O) groups is 1. The first kappa shape index (κ1) is 20.7. The fourth-order valence-electron chi connectivity index (χ4n) is 4.39. The average Bonchev–Trinajstić information content (AvgIpc) is 3.40. The number of aryl methyl sites for hydroxylation is 2. The van der Waals surface area contributed by atoms with Gasteiger partial charge in [0, 0.05) is 50.9 Å². The van der Waals surface area contributed by atoms with Crippen LogP contribution in [0, 0.1) is 25.7 Å². The van der Waals surface area contributed by atoms with Gasteiger partial charge in [0.2, 0.25) is 5.91 Å². The first-order valence-electron chi connectivity index (χ1n) is 10.7. The van der Waals surface area contributed by atoms with Crippen LogP contribution in [0.4, 0.5) is 0 Å². The summed E-state index contributed by atoms with van der Waals surface area (Å²) >= 11 is 0. The molecule has 2 fully saturated rings. The third-order valence-corrected chi connectivity index (χ3v) is 5.97. The van der Waals surface area contributed by atoms with Gasteiger partial charge in [0.1, 0.15) is 0 Å². The van der Waals surface area contributed by atoms with E-state index in [9.17, 15) is 4.79 Å². The molecule has 1 aliphatic carbocycles. The lowest BCUT2D eigenvalue weighted by molar-refractivity contribution is -0.134. The van der Waals surface area contributed by atoms with Crippen LogP contribution in [0.3, 0.4) is 0 Å². The third-order valence-electron chi connectivity index (χ3n) is 5.97. The number of aliphatic imine (C=N–C) groups is 1. The molecule has 0 aromatic carbocycles. The zero-order valence-corrected chi connectivity index (χ0v) is 17.9. The molecule has 1 amide bonds. The fourth-order valence-corrected chi connectivity index (χ4v) is 4.39. The van der Waals surface area contributed by atoms with Crippen LogP contribution in [0.5, 0.6) is 0 Å². The fraction of sp³-hybridized carbons (Fsp3) is 0.762. The van der Waals surface area contributed by atoms with Gasteiger partial charge in [-0.2, -0.15) is 5.10 Å². The van der Waals surface area contributed by atoms with Crippen molar-refractivity contribution < 1.29 is 4.79 Å². The second-order valence-corrected chi connectivity index (χ2v) is 8.56. The predicted molar refractivity (Wildman–Crippen MR) is 112 cm³/mol. The number of hydrogen-bond donors (Lipinski definition) is 2. The SMILES string of the molecule is CN=C(NCC(C)Cn1nc(C)cc1C)NC1CCN(C(=O)C2CCCC2)C1. The molecule has 3 rings (SSSR count). The largest absolute Gasteiger partial charge is 0.356 e. The lowest BCUT2D eigenvalue weighted by Crippen LogP contribution is -2.46. The number of rotatable bonds is 6. The quantitative estimate of drug-likeness (QED) is 0.578. The number of carbonyl (C=O) groups excluding carboxylic acids is 1. The van der Waals surface area contributed by atoms with Crippen molar-refractivity contribution in [3.05, 3.63) is 17.5 Å². The van der Waals surface area contributed by atoms with Gasteiger partial charge < -0.3 is 15.5 Å². The molecule has 1 aliphatic heterocycles. The molecule has 2 aliphatic rings. The van der Waals surface area contributed by atoms with Gasteiger partial charge in [0.15, 0.2) is 5.96 Å². The van der Waals surface area contributed by atoms with E-state index >= 15 is 0 Å². The Balaban J connectivity index is 1.42. The number of guanidine groups is 1. The van der Waals surface area contributed by atoms with Crippen LogP contribution in [0.25, 0.3) is 0 Å². The molecule has 2 N–H and O–H groups in total. The van der Waals surface area contributed by atoms with E-state index in [0.717, 1.165) is 57.1 Å². The molecular weight excluding hydrogens is 352 g/mol. The van der Waals surface area contributed by atoms with E-state index in [1.807, 2.05) is 11.8 Å². The summed E-state index contributed by atoms with van der Waals surface area (Å²) in [7, 11) is 1.80. The summed E-state index contributed by atoms with van der Waals surface area (Å²) in [5.41, 5.74) is 2.26. The smallest absolute Gasteiger partial charge is 0.225 e. The Morgan fingerprint density at radius 2 is 2.07 bits per heavy atom. The molecule has 1 aromatic rings. The summed E-state index contributed by atoms with van der Waals surface area (Å²) in [5, 5.41) is 11.5. The van der Waals surface area contributed by atoms with Crippen LogP contribution in [0.2, 0.25) is 0 Å². The van der Waals surface area contributed by atoms with E-state index in [1.54, 1.807) is 7.05 Å². The van der Waals surface area contributed by atoms with Gasteiger partial charge in [-0.25, -0.2) is 0 Å². The average molecular weight is 389 g/mol. The maximum atomic E-state index is 12.6. The van der Waals surface area contributed by atoms with Gasteiger partial charge in [-0.3, -0.25) is 14.5 Å². The highest BCUT2D eigenvalue weighted by molar-refractivity contribution is 5.81. The molecule has 2 unspecified atom stereocenters. The first-order valence-corrected chi connectivity index (χ1v) is 10.7. The number of likely N-dealkylation sites (tertiary alicyclic amines) is 1. The number of amides is 1. The topological polar surface area (TPSA) is 74.6 Å². The Hall–Kier alpha value is -2.05. The number of nitrogens with one attached hydrogen (secondary N) is 2. The summed E-state index contributed by atoms with van der Waals surface area (Å²) in [6.45, 7) is 9.70. The third kappa shape index (κ3) is 5.26. The molecule has 0 bridgehead atoms. The number of hydrogen-bond acceptors (Lipinski definition) is 3. The zero-order valence-electron chi connectivity index (χ0n) is 17.9. The highest BCUT2D eigenvalue weighted by atomic mass is 16.2. The van der Waals surface area contributed by atoms with E-state index in [2.05, 4.69) is 45.3 Å². The second-order valence-electron chi connectivity index (χ2n) is 8.56. The molecular formula is C21H36N6O. The first-order chi connectivity index (χ1) is 13.5. The lowest BCUT2D eigenvalue weighted by Gasteiger charge is -2.22. The monoisotopic (exact) mass is 388 g/mol. The molecule has 1 saturated carbocycles. The van der Waals surface area contributed by atoms with E-state index in [0.29, 0.717) is 11.8 Å². The minimum Gasteiger partial charge on any atom is -0.356 e. The Morgan fingerprint density at radius 3 is 2.71 bits per heavy atom. The molecule has 7 heteroatoms. The van der Waals surface area contributed by atoms with Gasteiger partial charge in [-0.15, -0.1) is 0 Å². The second kappa shape index (κ2) is 9.43. The predicted octanol–water partition coefficient (Wildman–Crippen LogP) is 2.09. The van der Waals surface area contributed by atoms with Crippen molar-refractivity contribution in [3.63, 3.8) is 0 Å². The molecule has 156 valence electrons. The van der Waals surface area contributed by atoms with Crippen molar-refractivity contribution in [2.75, 3.05) is 26.7 Å². The summed E-state index contributed by atoms with van der Waals surface area (Å²) in [6, 6.07) is 2.39. The number of nitrogens with zero attached hydrogens (tertiary/aromatic N) is 4. The summed E-state index contributed by atoms with van der Waals surface area (Å²) < 4.78 is 2.07. The van der Waals surface area contributed by atoms with Crippen LogP contribution < -0.4 is 10.6 Å². The van der Waals surface area contributed by atoms with Crippen LogP contribution in [0.1, 0.15) is 50.4 Å². The van der Waals surface area contributed by atoms with Gasteiger partial charge in [-0.1, -0.05) is 19.8 Å². The van der Waals surface area contributed by atoms with Gasteiger partial charge in [0.05, 0.1) is 5.69 Å². The van der Waals surface area contributed by atoms with Crippen molar-refractivity contribution in [2.24, 2.45) is 16.8 Å². The lowest BCUT2D eigenvalue weighted by atomic mass is 10.1. The molecule has 28 heavy (non-hydrogen) atoms. The van der Waals surface area contributed by atoms with Crippen molar-refractivity contribution >= 4 is 11.9 Å². The summed E-state index contributed by atoms with van der Waals surface area (Å²) in [6.07, 6.45) is 5.55. The van der Waals surface area contributed by atoms with Crippen LogP contribution in [-0.4, -0.2) is 59.3 Å². The molecule has 1 aromatic heterocycles. The van der Waals surface area contributed by atoms with E-state index in [1.165, 1.54) is 18.5 Å². The Morgan fingerprint density at radius 1 is 1.32 bits per heavy atom. The van der Waals surface area contributed by atoms with Gasteiger partial charge >= 0.3 is 0 Å². The van der Waals surface area contributed by atoms with Crippen molar-refractivity contribution in [2.45, 2.75) is 65.5 Å². The van der Waals surface area contributed by atoms with Crippen molar-refractivity contribution in [1.29, 1.82) is 0 Å². The summed E-state index contributed by atoms with van der Waals surface area (Å²) in [4.78, 5) is 19.0. The highest BCUT2D eigenvalue weighted by Gasteiger charge is 2.32. The Bertz CT molecular complexity index is 691. The molecule has 0 radical (unpaired) electrons. The molecule has 0 spiro atoms. The Labute approximate surface area is 169 Å². The number of aromatic nitrogens is 2. The standard InChI is InChI=1S/C21H36N6O/c1-15(13-27-17(3)11-16(2)25-27)12-23-21(22-4)24-19-9-10-26(14-19)20(28)18-7-5-6-8-18/h11,15,18-19H,5-10,12-14H2,1-4H3,(H2,22,23,24). The normalized spacial score (nSPS) is 21.9. The Kier molecular flexibility index (Phi) is 6.97. The van der Waals surface area contributed by atoms with Crippen molar-refractivity contribution in [3.8, 4) is 0 Å². The van der Waals surface area contributed by atoms with Crippen LogP contribution in [0.15, 0.2) is 11.1 Å². The maximum absolute atomic E-state index is 12.6. The minimum atomic E-state index is 0.270. The molecule has 1 saturated heterocycles.